The lowest BCUT2D eigenvalue weighted by atomic mass is 9.97. The van der Waals surface area contributed by atoms with E-state index in [1.807, 2.05) is 5.32 Å². The lowest BCUT2D eigenvalue weighted by Gasteiger charge is -2.27. The predicted octanol–water partition coefficient (Wildman–Crippen LogP) is -8.77. The fourth-order valence-electron chi connectivity index (χ4n) is 7.74. The van der Waals surface area contributed by atoms with Crippen molar-refractivity contribution in [2.75, 3.05) is 19.7 Å². The first-order valence-electron chi connectivity index (χ1n) is 28.3. The van der Waals surface area contributed by atoms with Crippen molar-refractivity contribution in [3.63, 3.8) is 0 Å². The van der Waals surface area contributed by atoms with Crippen LogP contribution in [0.15, 0.2) is 0 Å². The van der Waals surface area contributed by atoms with Gasteiger partial charge < -0.3 is 107 Å². The molecule has 0 aliphatic heterocycles. The molecule has 0 fully saturated rings. The molecule has 0 aromatic carbocycles. The first-order valence-corrected chi connectivity index (χ1v) is 28.3. The van der Waals surface area contributed by atoms with Gasteiger partial charge in [0.1, 0.15) is 66.5 Å². The first-order chi connectivity index (χ1) is 41.4. The van der Waals surface area contributed by atoms with E-state index in [0.29, 0.717) is 6.42 Å². The Morgan fingerprint density at radius 2 is 0.843 bits per heavy atom. The predicted molar refractivity (Wildman–Crippen MR) is 308 cm³/mol. The highest BCUT2D eigenvalue weighted by Gasteiger charge is 2.37. The SMILES string of the molecule is CC[C@H](C)[C@H](NC(=O)[C@H](C)N)C(=O)N[C@@H](CC(N)=O)C(=O)N[C@@H](CO)C(=O)N[C@@H](C)C(=O)N[C@@H](CCCCN)C(=O)N[C@@H](CC(=O)O)C(=O)N[C@@H](CC(=O)O)C(=O)N[C@@H](C)C(=O)N[C@@H](C)C(=O)NCC(=O)N[C@@H](CC(C)C)C(=O)N[C@@H](CCC(N)=O)C(=O)O. The van der Waals surface area contributed by atoms with Crippen LogP contribution in [0.5, 0.6) is 0 Å². The monoisotopic (exact) mass is 1270 g/mol. The van der Waals surface area contributed by atoms with Crippen molar-refractivity contribution in [3.8, 4) is 0 Å². The van der Waals surface area contributed by atoms with Crippen molar-refractivity contribution in [1.82, 2.24) is 63.8 Å². The van der Waals surface area contributed by atoms with E-state index >= 15 is 0 Å². The third-order valence-corrected chi connectivity index (χ3v) is 13.0. The van der Waals surface area contributed by atoms with E-state index in [9.17, 15) is 102 Å². The molecule has 0 saturated carbocycles. The van der Waals surface area contributed by atoms with Crippen LogP contribution in [0.3, 0.4) is 0 Å². The number of nitrogens with two attached hydrogens (primary N) is 4. The lowest BCUT2D eigenvalue weighted by Crippen LogP contribution is -2.61. The van der Waals surface area contributed by atoms with Crippen LogP contribution in [0.4, 0.5) is 0 Å². The maximum absolute atomic E-state index is 13.8. The molecule has 0 rings (SSSR count). The molecule has 37 heteroatoms. The zero-order valence-electron chi connectivity index (χ0n) is 50.8. The molecular weight excluding hydrogens is 1180 g/mol. The highest BCUT2D eigenvalue weighted by atomic mass is 16.4. The van der Waals surface area contributed by atoms with Gasteiger partial charge in [-0.1, -0.05) is 34.1 Å². The smallest absolute Gasteiger partial charge is 0.326 e. The van der Waals surface area contributed by atoms with E-state index in [0.717, 1.165) is 13.8 Å². The maximum atomic E-state index is 13.8. The van der Waals surface area contributed by atoms with Crippen molar-refractivity contribution >= 4 is 101 Å². The first kappa shape index (κ1) is 79.9. The Hall–Kier alpha value is -9.13. The summed E-state index contributed by atoms with van der Waals surface area (Å²) in [6.45, 7) is 9.66. The number of unbranched alkanes of at least 4 members (excludes halogenated alkanes) is 1. The average Bonchev–Trinajstić information content (AvgIpc) is 1.92. The third-order valence-electron chi connectivity index (χ3n) is 13.0. The van der Waals surface area contributed by atoms with Crippen LogP contribution in [0.25, 0.3) is 0 Å². The molecule has 0 saturated heterocycles. The number of aliphatic hydroxyl groups is 1. The summed E-state index contributed by atoms with van der Waals surface area (Å²) in [4.78, 5) is 217. The van der Waals surface area contributed by atoms with E-state index in [2.05, 4.69) is 58.5 Å². The summed E-state index contributed by atoms with van der Waals surface area (Å²) < 4.78 is 0. The highest BCUT2D eigenvalue weighted by molar-refractivity contribution is 6.01. The minimum Gasteiger partial charge on any atom is -0.481 e. The molecule has 24 N–H and O–H groups in total. The van der Waals surface area contributed by atoms with Gasteiger partial charge in [0, 0.05) is 6.42 Å². The Kier molecular flexibility index (Phi) is 36.2. The fourth-order valence-corrected chi connectivity index (χ4v) is 7.74. The zero-order chi connectivity index (χ0) is 68.6. The number of carbonyl (C=O) groups is 17. The molecule has 0 heterocycles. The number of hydrogen-bond donors (Lipinski definition) is 20. The normalized spacial score (nSPS) is 15.3. The molecule has 0 aromatic rings. The number of carboxylic acid groups (broad SMARTS) is 3. The number of hydrogen-bond acceptors (Lipinski definition) is 20. The molecule has 37 nitrogen and oxygen atoms in total. The van der Waals surface area contributed by atoms with Crippen molar-refractivity contribution in [1.29, 1.82) is 0 Å². The molecule has 0 aliphatic rings. The van der Waals surface area contributed by atoms with Gasteiger partial charge in [0.2, 0.25) is 82.7 Å². The Morgan fingerprint density at radius 3 is 1.29 bits per heavy atom. The van der Waals surface area contributed by atoms with E-state index < -0.39 is 211 Å². The number of amides is 14. The molecule has 89 heavy (non-hydrogen) atoms. The second-order valence-electron chi connectivity index (χ2n) is 21.4. The number of primary amides is 2. The van der Waals surface area contributed by atoms with Crippen LogP contribution in [-0.4, -0.2) is 213 Å². The molecule has 0 radical (unpaired) electrons. The number of rotatable bonds is 43. The summed E-state index contributed by atoms with van der Waals surface area (Å²) in [6, 6.07) is -19.1. The highest BCUT2D eigenvalue weighted by Crippen LogP contribution is 2.11. The fraction of sp³-hybridized carbons (Fsp3) is 0.673. The summed E-state index contributed by atoms with van der Waals surface area (Å²) in [5.41, 5.74) is 21.6. The number of aliphatic carboxylic acids is 3. The maximum Gasteiger partial charge on any atom is 0.326 e. The van der Waals surface area contributed by atoms with E-state index in [1.54, 1.807) is 27.7 Å². The summed E-state index contributed by atoms with van der Waals surface area (Å²) in [5, 5.41) is 65.7. The minimum atomic E-state index is -2.09. The lowest BCUT2D eigenvalue weighted by molar-refractivity contribution is -0.143. The van der Waals surface area contributed by atoms with Gasteiger partial charge in [-0.05, 0) is 78.2 Å². The van der Waals surface area contributed by atoms with Gasteiger partial charge in [0.25, 0.3) is 0 Å². The van der Waals surface area contributed by atoms with Crippen LogP contribution >= 0.6 is 0 Å². The molecule has 502 valence electrons. The van der Waals surface area contributed by atoms with Gasteiger partial charge in [0.05, 0.1) is 38.5 Å². The van der Waals surface area contributed by atoms with Crippen molar-refractivity contribution in [2.24, 2.45) is 34.8 Å². The summed E-state index contributed by atoms with van der Waals surface area (Å²) in [5.74, 6) is -20.5. The van der Waals surface area contributed by atoms with Crippen molar-refractivity contribution < 1.29 is 102 Å². The molecule has 0 spiro atoms. The number of carbonyl (C=O) groups excluding carboxylic acids is 14. The summed E-state index contributed by atoms with van der Waals surface area (Å²) >= 11 is 0. The van der Waals surface area contributed by atoms with E-state index in [4.69, 9.17) is 22.9 Å². The van der Waals surface area contributed by atoms with Gasteiger partial charge in [-0.15, -0.1) is 0 Å². The molecule has 0 unspecified atom stereocenters. The summed E-state index contributed by atoms with van der Waals surface area (Å²) in [6.07, 6.45) is -3.35. The van der Waals surface area contributed by atoms with Crippen LogP contribution in [0.2, 0.25) is 0 Å². The minimum absolute atomic E-state index is 0.0200. The van der Waals surface area contributed by atoms with Crippen LogP contribution < -0.4 is 86.7 Å². The molecule has 14 amide bonds. The van der Waals surface area contributed by atoms with E-state index in [-0.39, 0.29) is 51.0 Å². The third kappa shape index (κ3) is 31.4. The second kappa shape index (κ2) is 40.3. The Morgan fingerprint density at radius 1 is 0.427 bits per heavy atom. The Bertz CT molecular complexity index is 2550. The number of carboxylic acids is 3. The Labute approximate surface area is 511 Å². The standard InChI is InChI=1S/C52H88N16O21/c1-9-23(4)40(68-41(77)24(5)54)51(87)66-31(17-36(56)71)48(84)67-34(21-69)50(86)60-27(8)44(80)62-28(12-10-11-15-53)45(81)64-33(19-39(75)76)49(85)65-32(18-38(73)74)46(82)59-26(7)43(79)58-25(6)42(78)57-20-37(72)61-30(16-22(2)3)47(83)63-29(52(88)89)13-14-35(55)70/h22-34,40,69H,9-21,53-54H2,1-8H3,(H2,55,70)(H2,56,71)(H,57,78)(H,58,79)(H,59,82)(H,60,86)(H,61,72)(H,62,80)(H,63,83)(H,64,81)(H,65,85)(H,66,87)(H,67,84)(H,68,77)(H,73,74)(H,75,76)(H,88,89)/t23-,24-,25-,26-,27-,28-,29-,30-,31-,32-,33-,34-,40-/m0/s1. The van der Waals surface area contributed by atoms with Crippen molar-refractivity contribution in [2.45, 2.75) is 192 Å². The second-order valence-corrected chi connectivity index (χ2v) is 21.4. The average molecular weight is 1270 g/mol. The van der Waals surface area contributed by atoms with Crippen LogP contribution in [-0.2, 0) is 81.5 Å². The van der Waals surface area contributed by atoms with Crippen LogP contribution in [0.1, 0.15) is 120 Å². The van der Waals surface area contributed by atoms with Gasteiger partial charge in [0.15, 0.2) is 0 Å². The van der Waals surface area contributed by atoms with Gasteiger partial charge >= 0.3 is 17.9 Å². The molecular formula is C52H88N16O21. The van der Waals surface area contributed by atoms with Gasteiger partial charge in [-0.2, -0.15) is 0 Å². The molecule has 0 aromatic heterocycles. The topological polar surface area (TPSA) is 620 Å². The van der Waals surface area contributed by atoms with E-state index in [1.165, 1.54) is 13.8 Å². The largest absolute Gasteiger partial charge is 0.481 e. The summed E-state index contributed by atoms with van der Waals surface area (Å²) in [7, 11) is 0. The number of aliphatic hydroxyl groups excluding tert-OH is 1. The van der Waals surface area contributed by atoms with Crippen molar-refractivity contribution in [3.05, 3.63) is 0 Å². The molecule has 0 bridgehead atoms. The molecule has 0 aliphatic carbocycles. The zero-order valence-corrected chi connectivity index (χ0v) is 50.8. The Balaban J connectivity index is 6.15. The van der Waals surface area contributed by atoms with Gasteiger partial charge in [-0.3, -0.25) is 76.7 Å². The molecule has 13 atom stereocenters. The number of nitrogens with one attached hydrogen (secondary N) is 12. The quantitative estimate of drug-likeness (QED) is 0.0252. The van der Waals surface area contributed by atoms with Gasteiger partial charge in [-0.25, -0.2) is 4.79 Å². The van der Waals surface area contributed by atoms with Crippen LogP contribution in [0, 0.1) is 11.8 Å².